The maximum Gasteiger partial charge on any atom is 0.339 e. The highest BCUT2D eigenvalue weighted by Gasteiger charge is 2.19. The van der Waals surface area contributed by atoms with Crippen LogP contribution in [0.15, 0.2) is 24.3 Å². The Kier molecular flexibility index (Phi) is 4.31. The minimum absolute atomic E-state index is 0.149. The predicted octanol–water partition coefficient (Wildman–Crippen LogP) is 1.74. The fourth-order valence-electron chi connectivity index (χ4n) is 1.28. The molecular weight excluding hydrogens is 220 g/mol. The van der Waals surface area contributed by atoms with Crippen LogP contribution in [0.25, 0.3) is 5.53 Å². The quantitative estimate of drug-likeness (QED) is 0.261. The van der Waals surface area contributed by atoms with Crippen LogP contribution >= 0.6 is 0 Å². The number of esters is 1. The molecule has 1 aromatic carbocycles. The summed E-state index contributed by atoms with van der Waals surface area (Å²) in [7, 11) is 0. The van der Waals surface area contributed by atoms with Gasteiger partial charge in [-0.25, -0.2) is 4.79 Å². The first-order valence-electron chi connectivity index (χ1n) is 5.08. The number of carbonyl (C=O) groups is 2. The van der Waals surface area contributed by atoms with Crippen LogP contribution in [0.5, 0.6) is 0 Å². The summed E-state index contributed by atoms with van der Waals surface area (Å²) >= 11 is 0. The first-order chi connectivity index (χ1) is 8.06. The second-order valence-electron chi connectivity index (χ2n) is 3.61. The highest BCUT2D eigenvalue weighted by atomic mass is 16.5. The van der Waals surface area contributed by atoms with Gasteiger partial charge in [-0.3, -0.25) is 4.79 Å². The molecule has 0 saturated heterocycles. The van der Waals surface area contributed by atoms with Gasteiger partial charge in [-0.1, -0.05) is 12.1 Å². The minimum atomic E-state index is -0.574. The Morgan fingerprint density at radius 3 is 2.41 bits per heavy atom. The van der Waals surface area contributed by atoms with Gasteiger partial charge in [0.2, 0.25) is 0 Å². The molecule has 0 radical (unpaired) electrons. The molecule has 0 bridgehead atoms. The Morgan fingerprint density at radius 1 is 1.29 bits per heavy atom. The monoisotopic (exact) mass is 232 g/mol. The van der Waals surface area contributed by atoms with Crippen LogP contribution < -0.4 is 0 Å². The molecule has 17 heavy (non-hydrogen) atoms. The number of benzene rings is 1. The fraction of sp³-hybridized carbons (Fsp3) is 0.250. The largest absolute Gasteiger partial charge is 0.459 e. The normalized spacial score (nSPS) is 9.59. The molecule has 0 N–H and O–H groups in total. The number of ether oxygens (including phenoxy) is 1. The number of Topliss-reactive ketones (excluding diaryl/α,β-unsaturated/α-hetero) is 1. The first-order valence-corrected chi connectivity index (χ1v) is 5.08. The predicted molar refractivity (Wildman–Crippen MR) is 61.0 cm³/mol. The van der Waals surface area contributed by atoms with E-state index in [9.17, 15) is 9.59 Å². The average Bonchev–Trinajstić information content (AvgIpc) is 2.28. The zero-order chi connectivity index (χ0) is 12.8. The standard InChI is InChI=1S/C12H12N2O3/c1-8(2)17-12(16)10-6-4-3-5-9(10)11(15)7-14-13/h3-8H,1-2H3. The third-order valence-electron chi connectivity index (χ3n) is 1.93. The van der Waals surface area contributed by atoms with Crippen molar-refractivity contribution in [2.75, 3.05) is 0 Å². The molecule has 0 aliphatic heterocycles. The molecule has 0 atom stereocenters. The number of hydrogen-bond donors (Lipinski definition) is 0. The third kappa shape index (κ3) is 3.36. The molecule has 88 valence electrons. The van der Waals surface area contributed by atoms with Crippen LogP contribution in [-0.4, -0.2) is 28.9 Å². The topological polar surface area (TPSA) is 79.8 Å². The van der Waals surface area contributed by atoms with Crippen molar-refractivity contribution in [2.45, 2.75) is 20.0 Å². The van der Waals surface area contributed by atoms with Gasteiger partial charge in [0.05, 0.1) is 11.7 Å². The highest BCUT2D eigenvalue weighted by molar-refractivity contribution is 6.35. The SMILES string of the molecule is CC(C)OC(=O)c1ccccc1C(=O)C=[N+]=[N-]. The number of hydrogen-bond acceptors (Lipinski definition) is 3. The van der Waals surface area contributed by atoms with E-state index >= 15 is 0 Å². The Morgan fingerprint density at radius 2 is 1.88 bits per heavy atom. The van der Waals surface area contributed by atoms with Crippen LogP contribution in [0.3, 0.4) is 0 Å². The van der Waals surface area contributed by atoms with E-state index in [1.807, 2.05) is 0 Å². The van der Waals surface area contributed by atoms with Crippen molar-refractivity contribution in [1.29, 1.82) is 0 Å². The van der Waals surface area contributed by atoms with Gasteiger partial charge in [0.1, 0.15) is 0 Å². The third-order valence-corrected chi connectivity index (χ3v) is 1.93. The van der Waals surface area contributed by atoms with Crippen LogP contribution in [0, 0.1) is 0 Å². The Bertz CT molecular complexity index is 488. The van der Waals surface area contributed by atoms with Crippen molar-refractivity contribution in [3.63, 3.8) is 0 Å². The Labute approximate surface area is 98.6 Å². The van der Waals surface area contributed by atoms with E-state index in [1.165, 1.54) is 12.1 Å². The minimum Gasteiger partial charge on any atom is -0.459 e. The molecule has 0 saturated carbocycles. The number of rotatable bonds is 4. The van der Waals surface area contributed by atoms with Crippen molar-refractivity contribution < 1.29 is 19.1 Å². The van der Waals surface area contributed by atoms with Gasteiger partial charge in [-0.05, 0) is 26.0 Å². The maximum atomic E-state index is 11.7. The summed E-state index contributed by atoms with van der Waals surface area (Å²) in [4.78, 5) is 25.9. The molecule has 5 nitrogen and oxygen atoms in total. The second kappa shape index (κ2) is 5.72. The molecule has 0 amide bonds. The van der Waals surface area contributed by atoms with Crippen LogP contribution in [0.2, 0.25) is 0 Å². The molecule has 0 aromatic heterocycles. The number of carbonyl (C=O) groups excluding carboxylic acids is 2. The van der Waals surface area contributed by atoms with Gasteiger partial charge >= 0.3 is 12.2 Å². The van der Waals surface area contributed by atoms with E-state index in [2.05, 4.69) is 4.79 Å². The van der Waals surface area contributed by atoms with E-state index in [-0.39, 0.29) is 17.2 Å². The first kappa shape index (κ1) is 12.8. The molecular formula is C12H12N2O3. The van der Waals surface area contributed by atoms with Crippen molar-refractivity contribution in [1.82, 2.24) is 0 Å². The summed E-state index contributed by atoms with van der Waals surface area (Å²) < 4.78 is 5.01. The van der Waals surface area contributed by atoms with E-state index in [0.717, 1.165) is 6.21 Å². The summed E-state index contributed by atoms with van der Waals surface area (Å²) in [5.74, 6) is -1.13. The zero-order valence-corrected chi connectivity index (χ0v) is 9.58. The molecule has 0 fully saturated rings. The molecule has 0 heterocycles. The van der Waals surface area contributed by atoms with Gasteiger partial charge < -0.3 is 10.3 Å². The fourth-order valence-corrected chi connectivity index (χ4v) is 1.28. The second-order valence-corrected chi connectivity index (χ2v) is 3.61. The molecule has 1 aromatic rings. The number of nitrogens with zero attached hydrogens (tertiary/aromatic N) is 2. The van der Waals surface area contributed by atoms with E-state index in [1.54, 1.807) is 26.0 Å². The molecule has 0 aliphatic carbocycles. The smallest absolute Gasteiger partial charge is 0.339 e. The summed E-state index contributed by atoms with van der Waals surface area (Å²) in [6.45, 7) is 3.44. The van der Waals surface area contributed by atoms with Gasteiger partial charge in [-0.15, -0.1) is 0 Å². The molecule has 1 rings (SSSR count). The van der Waals surface area contributed by atoms with Gasteiger partial charge in [0.15, 0.2) is 0 Å². The van der Waals surface area contributed by atoms with Crippen LogP contribution in [-0.2, 0) is 4.74 Å². The van der Waals surface area contributed by atoms with Crippen molar-refractivity contribution in [3.8, 4) is 0 Å². The zero-order valence-electron chi connectivity index (χ0n) is 9.58. The van der Waals surface area contributed by atoms with E-state index in [4.69, 9.17) is 10.3 Å². The van der Waals surface area contributed by atoms with Crippen molar-refractivity contribution in [2.24, 2.45) is 0 Å². The summed E-state index contributed by atoms with van der Waals surface area (Å²) in [5.41, 5.74) is 8.61. The molecule has 5 heteroatoms. The van der Waals surface area contributed by atoms with E-state index < -0.39 is 11.8 Å². The summed E-state index contributed by atoms with van der Waals surface area (Å²) in [6, 6.07) is 6.21. The van der Waals surface area contributed by atoms with Gasteiger partial charge in [-0.2, -0.15) is 4.79 Å². The molecule has 0 spiro atoms. The van der Waals surface area contributed by atoms with Gasteiger partial charge in [0.25, 0.3) is 5.78 Å². The number of ketones is 1. The highest BCUT2D eigenvalue weighted by Crippen LogP contribution is 2.11. The van der Waals surface area contributed by atoms with E-state index in [0.29, 0.717) is 0 Å². The lowest BCUT2D eigenvalue weighted by atomic mass is 10.0. The van der Waals surface area contributed by atoms with Gasteiger partial charge in [0, 0.05) is 5.56 Å². The lowest BCUT2D eigenvalue weighted by Crippen LogP contribution is -2.16. The van der Waals surface area contributed by atoms with Crippen LogP contribution in [0.1, 0.15) is 34.6 Å². The lowest BCUT2D eigenvalue weighted by molar-refractivity contribution is 0.00233. The van der Waals surface area contributed by atoms with Crippen molar-refractivity contribution in [3.05, 3.63) is 40.9 Å². The van der Waals surface area contributed by atoms with Crippen molar-refractivity contribution >= 4 is 18.0 Å². The molecule has 0 aliphatic rings. The summed E-state index contributed by atoms with van der Waals surface area (Å²) in [5, 5.41) is 0. The Balaban J connectivity index is 3.11. The molecule has 0 unspecified atom stereocenters. The van der Waals surface area contributed by atoms with Crippen LogP contribution in [0.4, 0.5) is 0 Å². The maximum absolute atomic E-state index is 11.7. The Hall–Kier alpha value is -2.26. The summed E-state index contributed by atoms with van der Waals surface area (Å²) in [6.07, 6.45) is 0.471. The average molecular weight is 232 g/mol. The lowest BCUT2D eigenvalue weighted by Gasteiger charge is -2.09.